The van der Waals surface area contributed by atoms with E-state index >= 15 is 0 Å². The van der Waals surface area contributed by atoms with Gasteiger partial charge in [-0.05, 0) is 49.5 Å². The zero-order valence-electron chi connectivity index (χ0n) is 15.5. The van der Waals surface area contributed by atoms with Crippen LogP contribution in [-0.2, 0) is 4.79 Å². The van der Waals surface area contributed by atoms with Crippen LogP contribution < -0.4 is 10.9 Å². The van der Waals surface area contributed by atoms with Gasteiger partial charge in [0.05, 0.1) is 10.9 Å². The quantitative estimate of drug-likeness (QED) is 0.836. The molecule has 0 spiro atoms. The van der Waals surface area contributed by atoms with E-state index < -0.39 is 6.04 Å². The first-order valence-corrected chi connectivity index (χ1v) is 10.1. The molecule has 1 atom stereocenters. The van der Waals surface area contributed by atoms with Gasteiger partial charge in [-0.3, -0.25) is 9.59 Å². The van der Waals surface area contributed by atoms with Gasteiger partial charge in [-0.1, -0.05) is 26.8 Å². The molecular formula is C19H26N4O2S. The van der Waals surface area contributed by atoms with Gasteiger partial charge in [0.1, 0.15) is 0 Å². The lowest BCUT2D eigenvalue weighted by Crippen LogP contribution is -2.44. The van der Waals surface area contributed by atoms with Crippen LogP contribution >= 0.6 is 11.3 Å². The number of hydrogen-bond acceptors (Lipinski definition) is 5. The normalized spacial score (nSPS) is 24.2. The molecule has 3 rings (SSSR count). The number of rotatable bonds is 5. The molecule has 140 valence electrons. The van der Waals surface area contributed by atoms with Crippen molar-refractivity contribution in [3.63, 3.8) is 0 Å². The molecule has 0 aromatic carbocycles. The SMILES string of the molecule is CCC(NC(=O)C1(C)CCC(C)CC1)c1nnc(-c2cccs2)[nH]c1=O. The van der Waals surface area contributed by atoms with E-state index in [1.807, 2.05) is 31.4 Å². The number of H-pyrrole nitrogens is 1. The lowest BCUT2D eigenvalue weighted by molar-refractivity contribution is -0.133. The minimum absolute atomic E-state index is 0.0137. The largest absolute Gasteiger partial charge is 0.347 e. The molecule has 1 fully saturated rings. The average molecular weight is 375 g/mol. The molecule has 2 N–H and O–H groups in total. The molecule has 0 aliphatic heterocycles. The van der Waals surface area contributed by atoms with Crippen LogP contribution in [0.1, 0.15) is 64.6 Å². The van der Waals surface area contributed by atoms with Crippen LogP contribution in [-0.4, -0.2) is 21.1 Å². The molecule has 0 saturated heterocycles. The van der Waals surface area contributed by atoms with Crippen LogP contribution in [0.4, 0.5) is 0 Å². The summed E-state index contributed by atoms with van der Waals surface area (Å²) in [4.78, 5) is 29.0. The summed E-state index contributed by atoms with van der Waals surface area (Å²) in [6.45, 7) is 6.19. The number of nitrogens with one attached hydrogen (secondary N) is 2. The standard InChI is InChI=1S/C19H26N4O2S/c1-4-13(20-18(25)19(3)9-7-12(2)8-10-19)15-17(24)21-16(23-22-15)14-6-5-11-26-14/h5-6,11-13H,4,7-10H2,1-3H3,(H,20,25)(H,21,23,24). The van der Waals surface area contributed by atoms with E-state index in [2.05, 4.69) is 27.4 Å². The Bertz CT molecular complexity index is 807. The smallest absolute Gasteiger partial charge is 0.275 e. The second-order valence-corrected chi connectivity index (χ2v) is 8.49. The van der Waals surface area contributed by atoms with Crippen molar-refractivity contribution in [1.29, 1.82) is 0 Å². The summed E-state index contributed by atoms with van der Waals surface area (Å²) in [5.74, 6) is 1.15. The number of carbonyl (C=O) groups is 1. The van der Waals surface area contributed by atoms with Crippen LogP contribution in [0.25, 0.3) is 10.7 Å². The summed E-state index contributed by atoms with van der Waals surface area (Å²) >= 11 is 1.49. The summed E-state index contributed by atoms with van der Waals surface area (Å²) in [5.41, 5.74) is -0.385. The Morgan fingerprint density at radius 2 is 2.15 bits per heavy atom. The molecule has 2 aromatic heterocycles. The van der Waals surface area contributed by atoms with Crippen molar-refractivity contribution in [2.45, 2.75) is 58.9 Å². The first kappa shape index (κ1) is 18.8. The Labute approximate surface area is 157 Å². The monoisotopic (exact) mass is 374 g/mol. The van der Waals surface area contributed by atoms with Crippen molar-refractivity contribution in [1.82, 2.24) is 20.5 Å². The molecule has 1 unspecified atom stereocenters. The minimum Gasteiger partial charge on any atom is -0.347 e. The Hall–Kier alpha value is -2.02. The molecule has 0 radical (unpaired) electrons. The number of carbonyl (C=O) groups excluding carboxylic acids is 1. The summed E-state index contributed by atoms with van der Waals surface area (Å²) in [5, 5.41) is 13.3. The van der Waals surface area contributed by atoms with E-state index in [0.29, 0.717) is 18.2 Å². The summed E-state index contributed by atoms with van der Waals surface area (Å²) in [7, 11) is 0. The third kappa shape index (κ3) is 3.87. The Morgan fingerprint density at radius 3 is 2.73 bits per heavy atom. The van der Waals surface area contributed by atoms with E-state index in [9.17, 15) is 9.59 Å². The molecule has 26 heavy (non-hydrogen) atoms. The lowest BCUT2D eigenvalue weighted by atomic mass is 9.71. The van der Waals surface area contributed by atoms with E-state index in [1.165, 1.54) is 11.3 Å². The average Bonchev–Trinajstić information content (AvgIpc) is 3.17. The van der Waals surface area contributed by atoms with Crippen LogP contribution in [0.3, 0.4) is 0 Å². The highest BCUT2D eigenvalue weighted by Gasteiger charge is 2.37. The Balaban J connectivity index is 1.76. The van der Waals surface area contributed by atoms with Crippen LogP contribution in [0.15, 0.2) is 22.3 Å². The number of aromatic amines is 1. The summed E-state index contributed by atoms with van der Waals surface area (Å²) in [6.07, 6.45) is 4.49. The molecule has 1 aliphatic rings. The first-order chi connectivity index (χ1) is 12.4. The highest BCUT2D eigenvalue weighted by molar-refractivity contribution is 7.13. The molecule has 2 heterocycles. The maximum absolute atomic E-state index is 12.9. The molecule has 1 saturated carbocycles. The van der Waals surface area contributed by atoms with Crippen LogP contribution in [0, 0.1) is 11.3 Å². The number of nitrogens with zero attached hydrogens (tertiary/aromatic N) is 2. The van der Waals surface area contributed by atoms with E-state index in [1.54, 1.807) is 0 Å². The molecule has 7 heteroatoms. The molecule has 1 amide bonds. The fourth-order valence-electron chi connectivity index (χ4n) is 3.42. The van der Waals surface area contributed by atoms with Crippen LogP contribution in [0.2, 0.25) is 0 Å². The number of thiophene rings is 1. The number of hydrogen-bond donors (Lipinski definition) is 2. The topological polar surface area (TPSA) is 87.7 Å². The lowest BCUT2D eigenvalue weighted by Gasteiger charge is -2.35. The van der Waals surface area contributed by atoms with Crippen molar-refractivity contribution in [3.8, 4) is 10.7 Å². The van der Waals surface area contributed by atoms with Gasteiger partial charge < -0.3 is 10.3 Å². The highest BCUT2D eigenvalue weighted by atomic mass is 32.1. The van der Waals surface area contributed by atoms with Gasteiger partial charge in [0, 0.05) is 5.41 Å². The predicted molar refractivity (Wildman–Crippen MR) is 103 cm³/mol. The van der Waals surface area contributed by atoms with Crippen molar-refractivity contribution in [3.05, 3.63) is 33.6 Å². The second-order valence-electron chi connectivity index (χ2n) is 7.54. The molecule has 6 nitrogen and oxygen atoms in total. The Kier molecular flexibility index (Phi) is 5.55. The van der Waals surface area contributed by atoms with Crippen LogP contribution in [0.5, 0.6) is 0 Å². The maximum atomic E-state index is 12.9. The van der Waals surface area contributed by atoms with E-state index in [0.717, 1.165) is 30.6 Å². The first-order valence-electron chi connectivity index (χ1n) is 9.24. The van der Waals surface area contributed by atoms with Gasteiger partial charge >= 0.3 is 0 Å². The molecular weight excluding hydrogens is 348 g/mol. The fraction of sp³-hybridized carbons (Fsp3) is 0.579. The maximum Gasteiger partial charge on any atom is 0.275 e. The van der Waals surface area contributed by atoms with Gasteiger partial charge in [0.25, 0.3) is 5.56 Å². The second kappa shape index (κ2) is 7.70. The van der Waals surface area contributed by atoms with E-state index in [4.69, 9.17) is 0 Å². The number of aromatic nitrogens is 3. The van der Waals surface area contributed by atoms with Crippen molar-refractivity contribution in [2.75, 3.05) is 0 Å². The van der Waals surface area contributed by atoms with Gasteiger partial charge in [-0.15, -0.1) is 21.5 Å². The minimum atomic E-state index is -0.424. The van der Waals surface area contributed by atoms with Gasteiger partial charge in [0.15, 0.2) is 11.5 Å². The fourth-order valence-corrected chi connectivity index (χ4v) is 4.08. The third-order valence-corrected chi connectivity index (χ3v) is 6.32. The van der Waals surface area contributed by atoms with Crippen molar-refractivity contribution in [2.24, 2.45) is 11.3 Å². The third-order valence-electron chi connectivity index (χ3n) is 5.45. The molecule has 0 bridgehead atoms. The summed E-state index contributed by atoms with van der Waals surface area (Å²) < 4.78 is 0. The van der Waals surface area contributed by atoms with E-state index in [-0.39, 0.29) is 22.6 Å². The van der Waals surface area contributed by atoms with Crippen molar-refractivity contribution < 1.29 is 4.79 Å². The zero-order chi connectivity index (χ0) is 18.7. The van der Waals surface area contributed by atoms with Gasteiger partial charge in [-0.25, -0.2) is 0 Å². The molecule has 2 aromatic rings. The summed E-state index contributed by atoms with van der Waals surface area (Å²) in [6, 6.07) is 3.36. The molecule has 1 aliphatic carbocycles. The predicted octanol–water partition coefficient (Wildman–Crippen LogP) is 3.68. The highest BCUT2D eigenvalue weighted by Crippen LogP contribution is 2.39. The Morgan fingerprint density at radius 1 is 1.42 bits per heavy atom. The van der Waals surface area contributed by atoms with Crippen molar-refractivity contribution >= 4 is 17.2 Å². The zero-order valence-corrected chi connectivity index (χ0v) is 16.4. The van der Waals surface area contributed by atoms with Gasteiger partial charge in [0.2, 0.25) is 5.91 Å². The number of amides is 1. The van der Waals surface area contributed by atoms with Gasteiger partial charge in [-0.2, -0.15) is 0 Å².